The van der Waals surface area contributed by atoms with Crippen molar-refractivity contribution >= 4 is 0 Å². The van der Waals surface area contributed by atoms with Gasteiger partial charge in [0.05, 0.1) is 32.5 Å². The van der Waals surface area contributed by atoms with Crippen LogP contribution in [0.15, 0.2) is 0 Å². The number of hydrogen-bond acceptors (Lipinski definition) is 3. The molecule has 92 valence electrons. The van der Waals surface area contributed by atoms with Gasteiger partial charge in [-0.2, -0.15) is 0 Å². The Morgan fingerprint density at radius 2 is 1.47 bits per heavy atom. The molecule has 0 aliphatic rings. The largest absolute Gasteiger partial charge is 0.379 e. The smallest absolute Gasteiger partial charge is 0.0704 e. The Hall–Kier alpha value is -0.120. The first-order chi connectivity index (χ1) is 7.16. The zero-order chi connectivity index (χ0) is 11.5. The topological polar surface area (TPSA) is 27.7 Å². The van der Waals surface area contributed by atoms with E-state index in [4.69, 9.17) is 14.2 Å². The van der Waals surface area contributed by atoms with Gasteiger partial charge in [-0.3, -0.25) is 0 Å². The molecule has 0 saturated heterocycles. The van der Waals surface area contributed by atoms with Crippen LogP contribution in [-0.2, 0) is 14.2 Å². The van der Waals surface area contributed by atoms with Crippen molar-refractivity contribution in [1.29, 1.82) is 0 Å². The van der Waals surface area contributed by atoms with Crippen molar-refractivity contribution in [2.24, 2.45) is 5.92 Å². The van der Waals surface area contributed by atoms with E-state index in [1.54, 1.807) is 0 Å². The highest BCUT2D eigenvalue weighted by Gasteiger charge is 1.97. The fourth-order valence-corrected chi connectivity index (χ4v) is 0.965. The molecule has 1 atom stereocenters. The summed E-state index contributed by atoms with van der Waals surface area (Å²) in [4.78, 5) is 0. The van der Waals surface area contributed by atoms with Crippen LogP contribution in [0, 0.1) is 5.92 Å². The molecule has 0 bridgehead atoms. The quantitative estimate of drug-likeness (QED) is 0.527. The zero-order valence-electron chi connectivity index (χ0n) is 10.6. The van der Waals surface area contributed by atoms with E-state index in [-0.39, 0.29) is 0 Å². The lowest BCUT2D eigenvalue weighted by Crippen LogP contribution is -2.14. The van der Waals surface area contributed by atoms with Crippen molar-refractivity contribution in [3.63, 3.8) is 0 Å². The van der Waals surface area contributed by atoms with Crippen LogP contribution in [0.25, 0.3) is 0 Å². The summed E-state index contributed by atoms with van der Waals surface area (Å²) < 4.78 is 16.2. The highest BCUT2D eigenvalue weighted by Crippen LogP contribution is 1.95. The molecule has 1 unspecified atom stereocenters. The Kier molecular flexibility index (Phi) is 10.3. The lowest BCUT2D eigenvalue weighted by molar-refractivity contribution is -0.00963. The highest BCUT2D eigenvalue weighted by atomic mass is 16.5. The third-order valence-corrected chi connectivity index (χ3v) is 2.03. The van der Waals surface area contributed by atoms with Crippen molar-refractivity contribution in [3.8, 4) is 0 Å². The molecular formula is C12H26O3. The van der Waals surface area contributed by atoms with E-state index in [9.17, 15) is 0 Å². The summed E-state index contributed by atoms with van der Waals surface area (Å²) in [5.41, 5.74) is 0. The molecule has 15 heavy (non-hydrogen) atoms. The van der Waals surface area contributed by atoms with Gasteiger partial charge < -0.3 is 14.2 Å². The molecule has 0 aromatic carbocycles. The molecular weight excluding hydrogens is 192 g/mol. The standard InChI is InChI=1S/C12H26O3/c1-5-12(4)15-9-8-13-6-7-14-10-11(2)3/h11-12H,5-10H2,1-4H3. The molecule has 0 fully saturated rings. The average Bonchev–Trinajstić information content (AvgIpc) is 2.21. The normalized spacial score (nSPS) is 13.4. The van der Waals surface area contributed by atoms with Gasteiger partial charge >= 0.3 is 0 Å². The van der Waals surface area contributed by atoms with Gasteiger partial charge in [0, 0.05) is 6.61 Å². The molecule has 0 saturated carbocycles. The van der Waals surface area contributed by atoms with Crippen LogP contribution in [0.4, 0.5) is 0 Å². The lowest BCUT2D eigenvalue weighted by Gasteiger charge is -2.11. The van der Waals surface area contributed by atoms with Gasteiger partial charge in [-0.25, -0.2) is 0 Å². The molecule has 0 aliphatic carbocycles. The molecule has 0 rings (SSSR count). The van der Waals surface area contributed by atoms with Crippen LogP contribution in [0.3, 0.4) is 0 Å². The zero-order valence-corrected chi connectivity index (χ0v) is 10.6. The summed E-state index contributed by atoms with van der Waals surface area (Å²) >= 11 is 0. The Balaban J connectivity index is 2.99. The SMILES string of the molecule is CCC(C)OCCOCCOCC(C)C. The second-order valence-corrected chi connectivity index (χ2v) is 4.17. The van der Waals surface area contributed by atoms with Crippen LogP contribution in [0.2, 0.25) is 0 Å². The number of rotatable bonds is 10. The average molecular weight is 218 g/mol. The van der Waals surface area contributed by atoms with E-state index in [1.807, 2.05) is 0 Å². The molecule has 0 heterocycles. The van der Waals surface area contributed by atoms with Gasteiger partial charge in [0.25, 0.3) is 0 Å². The summed E-state index contributed by atoms with van der Waals surface area (Å²) in [6, 6.07) is 0. The fraction of sp³-hybridized carbons (Fsp3) is 1.00. The van der Waals surface area contributed by atoms with Gasteiger partial charge in [0.1, 0.15) is 0 Å². The van der Waals surface area contributed by atoms with Crippen molar-refractivity contribution in [1.82, 2.24) is 0 Å². The summed E-state index contributed by atoms with van der Waals surface area (Å²) in [7, 11) is 0. The molecule has 0 aromatic rings. The van der Waals surface area contributed by atoms with Gasteiger partial charge in [0.2, 0.25) is 0 Å². The predicted octanol–water partition coefficient (Wildman–Crippen LogP) is 2.49. The minimum Gasteiger partial charge on any atom is -0.379 e. The Labute approximate surface area is 94.1 Å². The summed E-state index contributed by atoms with van der Waals surface area (Å²) in [5.74, 6) is 0.596. The Bertz CT molecular complexity index is 126. The van der Waals surface area contributed by atoms with E-state index in [2.05, 4.69) is 27.7 Å². The van der Waals surface area contributed by atoms with Gasteiger partial charge in [-0.05, 0) is 19.3 Å². The third-order valence-electron chi connectivity index (χ3n) is 2.03. The maximum absolute atomic E-state index is 5.47. The highest BCUT2D eigenvalue weighted by molar-refractivity contribution is 4.44. The van der Waals surface area contributed by atoms with Gasteiger partial charge in [-0.1, -0.05) is 20.8 Å². The van der Waals surface area contributed by atoms with Crippen molar-refractivity contribution < 1.29 is 14.2 Å². The Morgan fingerprint density at radius 1 is 0.867 bits per heavy atom. The number of hydrogen-bond donors (Lipinski definition) is 0. The van der Waals surface area contributed by atoms with E-state index < -0.39 is 0 Å². The van der Waals surface area contributed by atoms with Crippen LogP contribution >= 0.6 is 0 Å². The minimum absolute atomic E-state index is 0.339. The second kappa shape index (κ2) is 10.4. The maximum atomic E-state index is 5.47. The number of ether oxygens (including phenoxy) is 3. The summed E-state index contributed by atoms with van der Waals surface area (Å²) in [5, 5.41) is 0. The van der Waals surface area contributed by atoms with Crippen LogP contribution in [-0.4, -0.2) is 39.1 Å². The molecule has 3 heteroatoms. The van der Waals surface area contributed by atoms with Gasteiger partial charge in [-0.15, -0.1) is 0 Å². The first-order valence-corrected chi connectivity index (χ1v) is 5.93. The molecule has 0 N–H and O–H groups in total. The molecule has 0 radical (unpaired) electrons. The van der Waals surface area contributed by atoms with Gasteiger partial charge in [0.15, 0.2) is 0 Å². The lowest BCUT2D eigenvalue weighted by atomic mass is 10.2. The first kappa shape index (κ1) is 14.9. The molecule has 3 nitrogen and oxygen atoms in total. The van der Waals surface area contributed by atoms with Crippen molar-refractivity contribution in [2.45, 2.75) is 40.2 Å². The van der Waals surface area contributed by atoms with E-state index in [0.717, 1.165) is 13.0 Å². The summed E-state index contributed by atoms with van der Waals surface area (Å²) in [6.07, 6.45) is 1.39. The van der Waals surface area contributed by atoms with Crippen molar-refractivity contribution in [2.75, 3.05) is 33.0 Å². The maximum Gasteiger partial charge on any atom is 0.0704 e. The first-order valence-electron chi connectivity index (χ1n) is 5.93. The van der Waals surface area contributed by atoms with Crippen LogP contribution in [0.1, 0.15) is 34.1 Å². The second-order valence-electron chi connectivity index (χ2n) is 4.17. The summed E-state index contributed by atoms with van der Waals surface area (Å²) in [6.45, 7) is 12.0. The molecule has 0 aromatic heterocycles. The fourth-order valence-electron chi connectivity index (χ4n) is 0.965. The monoisotopic (exact) mass is 218 g/mol. The van der Waals surface area contributed by atoms with E-state index >= 15 is 0 Å². The minimum atomic E-state index is 0.339. The predicted molar refractivity (Wildman–Crippen MR) is 62.2 cm³/mol. The van der Waals surface area contributed by atoms with E-state index in [1.165, 1.54) is 0 Å². The third kappa shape index (κ3) is 11.8. The Morgan fingerprint density at radius 3 is 2.07 bits per heavy atom. The van der Waals surface area contributed by atoms with Crippen LogP contribution < -0.4 is 0 Å². The molecule has 0 aliphatic heterocycles. The molecule has 0 spiro atoms. The van der Waals surface area contributed by atoms with Crippen molar-refractivity contribution in [3.05, 3.63) is 0 Å². The van der Waals surface area contributed by atoms with Crippen LogP contribution in [0.5, 0.6) is 0 Å². The molecule has 0 amide bonds. The van der Waals surface area contributed by atoms with E-state index in [0.29, 0.717) is 38.4 Å².